The third-order valence-corrected chi connectivity index (χ3v) is 4.56. The van der Waals surface area contributed by atoms with Crippen molar-refractivity contribution in [2.75, 3.05) is 7.11 Å². The molecule has 0 unspecified atom stereocenters. The number of benzene rings is 1. The molecule has 0 heterocycles. The van der Waals surface area contributed by atoms with Crippen LogP contribution < -0.4 is 0 Å². The molecule has 0 spiro atoms. The zero-order chi connectivity index (χ0) is 19.8. The number of methoxy groups -OCH3 is 1. The number of esters is 1. The summed E-state index contributed by atoms with van der Waals surface area (Å²) in [6, 6.07) is 0. The van der Waals surface area contributed by atoms with Crippen LogP contribution >= 0.6 is 0 Å². The largest absolute Gasteiger partial charge is 0.460 e. The Hall–Kier alpha value is -2.03. The van der Waals surface area contributed by atoms with Crippen molar-refractivity contribution in [1.29, 1.82) is 0 Å². The van der Waals surface area contributed by atoms with Crippen molar-refractivity contribution in [3.05, 3.63) is 46.6 Å². The number of allylic oxidation sites excluding steroid dienone is 1. The Morgan fingerprint density at radius 2 is 1.46 bits per heavy atom. The average Bonchev–Trinajstić information content (AvgIpc) is 3.09. The highest BCUT2D eigenvalue weighted by Gasteiger charge is 2.62. The van der Waals surface area contributed by atoms with E-state index in [9.17, 15) is 31.1 Å². The summed E-state index contributed by atoms with van der Waals surface area (Å²) >= 11 is 0. The molecule has 0 radical (unpaired) electrons. The lowest BCUT2D eigenvalue weighted by molar-refractivity contribution is -0.147. The lowest BCUT2D eigenvalue weighted by Crippen LogP contribution is -2.15. The van der Waals surface area contributed by atoms with Gasteiger partial charge in [-0.05, 0) is 11.5 Å². The number of rotatable bonds is 6. The number of carbonyl (C=O) groups is 1. The molecule has 0 bridgehead atoms. The molecule has 0 aliphatic heterocycles. The van der Waals surface area contributed by atoms with Gasteiger partial charge in [0.15, 0.2) is 23.3 Å². The maximum absolute atomic E-state index is 14.0. The second kappa shape index (κ2) is 7.30. The predicted octanol–water partition coefficient (Wildman–Crippen LogP) is 4.49. The van der Waals surface area contributed by atoms with Crippen LogP contribution in [0.5, 0.6) is 0 Å². The molecule has 1 aromatic rings. The number of hydrogen-bond acceptors (Lipinski definition) is 3. The first-order valence-corrected chi connectivity index (χ1v) is 7.56. The van der Waals surface area contributed by atoms with Crippen LogP contribution in [0.2, 0.25) is 0 Å². The van der Waals surface area contributed by atoms with E-state index in [2.05, 4.69) is 4.74 Å². The Labute approximate surface area is 145 Å². The summed E-state index contributed by atoms with van der Waals surface area (Å²) in [6.45, 7) is 1.33. The number of carbonyl (C=O) groups excluding carboxylic acids is 1. The SMILES string of the molecule is COCc1c(F)c(F)c(COC(=O)[C@@H]2[C@H](C=C(F)F)C2(C)C)c(F)c1F. The van der Waals surface area contributed by atoms with Gasteiger partial charge in [0, 0.05) is 13.0 Å². The van der Waals surface area contributed by atoms with E-state index in [0.29, 0.717) is 6.08 Å². The zero-order valence-electron chi connectivity index (χ0n) is 14.1. The highest BCUT2D eigenvalue weighted by molar-refractivity contribution is 5.78. The normalized spacial score (nSPS) is 20.7. The smallest absolute Gasteiger partial charge is 0.310 e. The Morgan fingerprint density at radius 3 is 1.88 bits per heavy atom. The molecule has 0 saturated heterocycles. The second-order valence-electron chi connectivity index (χ2n) is 6.53. The van der Waals surface area contributed by atoms with Crippen molar-refractivity contribution < 1.29 is 40.6 Å². The van der Waals surface area contributed by atoms with Gasteiger partial charge < -0.3 is 9.47 Å². The summed E-state index contributed by atoms with van der Waals surface area (Å²) < 4.78 is 89.5. The summed E-state index contributed by atoms with van der Waals surface area (Å²) in [7, 11) is 1.09. The van der Waals surface area contributed by atoms with Gasteiger partial charge in [-0.1, -0.05) is 13.8 Å². The first kappa shape index (κ1) is 20.3. The van der Waals surface area contributed by atoms with E-state index in [-0.39, 0.29) is 0 Å². The minimum atomic E-state index is -1.96. The highest BCUT2D eigenvalue weighted by Crippen LogP contribution is 2.60. The predicted molar refractivity (Wildman–Crippen MR) is 77.8 cm³/mol. The van der Waals surface area contributed by atoms with Crippen molar-refractivity contribution in [3.8, 4) is 0 Å². The Kier molecular flexibility index (Phi) is 5.70. The molecule has 2 atom stereocenters. The van der Waals surface area contributed by atoms with Crippen LogP contribution in [0.4, 0.5) is 26.3 Å². The van der Waals surface area contributed by atoms with Crippen molar-refractivity contribution in [2.24, 2.45) is 17.3 Å². The molecule has 0 N–H and O–H groups in total. The van der Waals surface area contributed by atoms with Gasteiger partial charge >= 0.3 is 5.97 Å². The third kappa shape index (κ3) is 3.58. The zero-order valence-corrected chi connectivity index (χ0v) is 14.1. The molecule has 1 saturated carbocycles. The number of hydrogen-bond donors (Lipinski definition) is 0. The van der Waals surface area contributed by atoms with Crippen molar-refractivity contribution in [1.82, 2.24) is 0 Å². The Bertz CT molecular complexity index is 726. The first-order chi connectivity index (χ1) is 12.0. The molecule has 26 heavy (non-hydrogen) atoms. The highest BCUT2D eigenvalue weighted by atomic mass is 19.3. The molecule has 1 aromatic carbocycles. The fourth-order valence-corrected chi connectivity index (χ4v) is 2.93. The van der Waals surface area contributed by atoms with Crippen molar-refractivity contribution in [2.45, 2.75) is 27.1 Å². The average molecular weight is 382 g/mol. The van der Waals surface area contributed by atoms with E-state index in [0.717, 1.165) is 7.11 Å². The quantitative estimate of drug-likeness (QED) is 0.413. The molecule has 0 aromatic heterocycles. The molecule has 144 valence electrons. The van der Waals surface area contributed by atoms with Crippen LogP contribution in [0.15, 0.2) is 12.2 Å². The molecule has 2 rings (SSSR count). The van der Waals surface area contributed by atoms with E-state index in [1.807, 2.05) is 0 Å². The molecule has 3 nitrogen and oxygen atoms in total. The van der Waals surface area contributed by atoms with Gasteiger partial charge in [0.1, 0.15) is 6.61 Å². The summed E-state index contributed by atoms with van der Waals surface area (Å²) in [5.41, 5.74) is -2.85. The van der Waals surface area contributed by atoms with Gasteiger partial charge in [0.2, 0.25) is 0 Å². The molecule has 9 heteroatoms. The van der Waals surface area contributed by atoms with E-state index in [1.165, 1.54) is 0 Å². The van der Waals surface area contributed by atoms with Crippen LogP contribution in [0.25, 0.3) is 0 Å². The standard InChI is InChI=1S/C17H16F6O3/c1-17(2)9(4-10(18)19)11(17)16(24)26-6-8-14(22)12(20)7(5-25-3)13(21)15(8)23/h4,9,11H,5-6H2,1-3H3/t9-,11-/m0/s1. The van der Waals surface area contributed by atoms with Gasteiger partial charge in [-0.3, -0.25) is 4.79 Å². The molecular weight excluding hydrogens is 366 g/mol. The van der Waals surface area contributed by atoms with E-state index in [1.54, 1.807) is 13.8 Å². The monoisotopic (exact) mass is 382 g/mol. The number of halogens is 6. The molecule has 0 amide bonds. The Balaban J connectivity index is 2.18. The van der Waals surface area contributed by atoms with Crippen LogP contribution in [0, 0.1) is 40.5 Å². The minimum Gasteiger partial charge on any atom is -0.460 e. The van der Waals surface area contributed by atoms with Gasteiger partial charge in [0.25, 0.3) is 6.08 Å². The summed E-state index contributed by atoms with van der Waals surface area (Å²) in [5, 5.41) is 0. The lowest BCUT2D eigenvalue weighted by atomic mass is 10.1. The fourth-order valence-electron chi connectivity index (χ4n) is 2.93. The van der Waals surface area contributed by atoms with Crippen LogP contribution in [0.3, 0.4) is 0 Å². The van der Waals surface area contributed by atoms with E-state index >= 15 is 0 Å². The first-order valence-electron chi connectivity index (χ1n) is 7.56. The summed E-state index contributed by atoms with van der Waals surface area (Å²) in [4.78, 5) is 12.0. The molecular formula is C17H16F6O3. The van der Waals surface area contributed by atoms with Gasteiger partial charge in [-0.15, -0.1) is 0 Å². The number of ether oxygens (including phenoxy) is 2. The summed E-state index contributed by atoms with van der Waals surface area (Å²) in [6.07, 6.45) is -1.36. The second-order valence-corrected chi connectivity index (χ2v) is 6.53. The maximum atomic E-state index is 14.0. The van der Waals surface area contributed by atoms with E-state index < -0.39 is 76.9 Å². The van der Waals surface area contributed by atoms with Gasteiger partial charge in [-0.2, -0.15) is 8.78 Å². The van der Waals surface area contributed by atoms with Crippen molar-refractivity contribution >= 4 is 5.97 Å². The summed E-state index contributed by atoms with van der Waals surface area (Å²) in [5.74, 6) is -9.44. The maximum Gasteiger partial charge on any atom is 0.310 e. The lowest BCUT2D eigenvalue weighted by Gasteiger charge is -2.12. The van der Waals surface area contributed by atoms with Crippen molar-refractivity contribution in [3.63, 3.8) is 0 Å². The van der Waals surface area contributed by atoms with Gasteiger partial charge in [-0.25, -0.2) is 17.6 Å². The van der Waals surface area contributed by atoms with Crippen LogP contribution in [-0.4, -0.2) is 13.1 Å². The molecule has 1 aliphatic rings. The van der Waals surface area contributed by atoms with Crippen LogP contribution in [-0.2, 0) is 27.5 Å². The van der Waals surface area contributed by atoms with Crippen LogP contribution in [0.1, 0.15) is 25.0 Å². The fraction of sp³-hybridized carbons (Fsp3) is 0.471. The minimum absolute atomic E-state index is 0.603. The molecule has 1 fully saturated rings. The molecule has 1 aliphatic carbocycles. The topological polar surface area (TPSA) is 35.5 Å². The Morgan fingerprint density at radius 1 is 1.00 bits per heavy atom. The van der Waals surface area contributed by atoms with Gasteiger partial charge in [0.05, 0.1) is 23.7 Å². The van der Waals surface area contributed by atoms with E-state index in [4.69, 9.17) is 4.74 Å². The third-order valence-electron chi connectivity index (χ3n) is 4.56.